The maximum Gasteiger partial charge on any atom is 0.301 e. The molecule has 0 spiro atoms. The molecule has 0 radical (unpaired) electrons. The Hall–Kier alpha value is -3.53. The van der Waals surface area contributed by atoms with Crippen molar-refractivity contribution >= 4 is 57.3 Å². The number of aliphatic hydroxyl groups excluding tert-OH is 1. The number of carbonyl (C=O) groups is 2. The Morgan fingerprint density at radius 3 is 2.53 bits per heavy atom. The lowest BCUT2D eigenvalue weighted by Gasteiger charge is -2.22. The van der Waals surface area contributed by atoms with Gasteiger partial charge in [0.2, 0.25) is 5.13 Å². The molecule has 5 rings (SSSR count). The van der Waals surface area contributed by atoms with Gasteiger partial charge in [0, 0.05) is 28.7 Å². The SMILES string of the molecule is Cc1ccc(CSc2nnc(N3C(=O)C(=O)C(=C(O)c4ccc(Cl)cc4)[C@@H]3c3cccnc3)s2)cc1. The number of carbonyl (C=O) groups excluding carboxylic acids is 2. The molecule has 0 saturated carbocycles. The summed E-state index contributed by atoms with van der Waals surface area (Å²) in [6.07, 6.45) is 3.16. The quantitative estimate of drug-likeness (QED) is 0.109. The number of nitrogens with zero attached hydrogens (tertiary/aromatic N) is 4. The highest BCUT2D eigenvalue weighted by molar-refractivity contribution is 8.00. The van der Waals surface area contributed by atoms with E-state index in [9.17, 15) is 14.7 Å². The highest BCUT2D eigenvalue weighted by Crippen LogP contribution is 2.43. The van der Waals surface area contributed by atoms with Crippen LogP contribution >= 0.6 is 34.7 Å². The molecule has 36 heavy (non-hydrogen) atoms. The van der Waals surface area contributed by atoms with Crippen molar-refractivity contribution in [2.75, 3.05) is 4.90 Å². The summed E-state index contributed by atoms with van der Waals surface area (Å²) in [6.45, 7) is 2.04. The van der Waals surface area contributed by atoms with Crippen LogP contribution in [0.15, 0.2) is 83.0 Å². The van der Waals surface area contributed by atoms with Crippen LogP contribution in [0.3, 0.4) is 0 Å². The zero-order chi connectivity index (χ0) is 25.2. The minimum absolute atomic E-state index is 0.0422. The van der Waals surface area contributed by atoms with Gasteiger partial charge in [-0.2, -0.15) is 0 Å². The standard InChI is InChI=1S/C26H19ClN4O3S2/c1-15-4-6-16(7-5-15)14-35-26-30-29-25(36-26)31-21(18-3-2-12-28-13-18)20(23(33)24(31)34)22(32)17-8-10-19(27)11-9-17/h2-13,21,32H,14H2,1H3/t21-/m0/s1. The molecule has 1 amide bonds. The maximum absolute atomic E-state index is 13.2. The highest BCUT2D eigenvalue weighted by Gasteiger charge is 2.48. The van der Waals surface area contributed by atoms with E-state index < -0.39 is 17.7 Å². The molecule has 1 saturated heterocycles. The van der Waals surface area contributed by atoms with Crippen LogP contribution in [-0.4, -0.2) is 32.0 Å². The summed E-state index contributed by atoms with van der Waals surface area (Å²) in [5.41, 5.74) is 3.22. The van der Waals surface area contributed by atoms with Gasteiger partial charge in [-0.1, -0.05) is 70.6 Å². The predicted octanol–water partition coefficient (Wildman–Crippen LogP) is 5.81. The van der Waals surface area contributed by atoms with Crippen molar-refractivity contribution in [3.63, 3.8) is 0 Å². The third-order valence-electron chi connectivity index (χ3n) is 5.65. The Bertz CT molecular complexity index is 1450. The van der Waals surface area contributed by atoms with E-state index in [4.69, 9.17) is 11.6 Å². The second kappa shape index (κ2) is 10.2. The van der Waals surface area contributed by atoms with E-state index in [1.807, 2.05) is 6.92 Å². The molecular formula is C26H19ClN4O3S2. The number of ketones is 1. The van der Waals surface area contributed by atoms with E-state index >= 15 is 0 Å². The topological polar surface area (TPSA) is 96.3 Å². The Kier molecular flexibility index (Phi) is 6.86. The molecule has 1 aliphatic rings. The van der Waals surface area contributed by atoms with Gasteiger partial charge in [0.25, 0.3) is 5.78 Å². The van der Waals surface area contributed by atoms with Crippen molar-refractivity contribution < 1.29 is 14.7 Å². The summed E-state index contributed by atoms with van der Waals surface area (Å²) in [7, 11) is 0. The van der Waals surface area contributed by atoms with Crippen LogP contribution in [0.25, 0.3) is 5.76 Å². The molecule has 0 aliphatic carbocycles. The summed E-state index contributed by atoms with van der Waals surface area (Å²) in [5.74, 6) is -1.19. The first-order chi connectivity index (χ1) is 17.4. The van der Waals surface area contributed by atoms with Crippen molar-refractivity contribution in [3.05, 3.63) is 106 Å². The summed E-state index contributed by atoms with van der Waals surface area (Å²) in [5, 5.41) is 20.3. The van der Waals surface area contributed by atoms with E-state index in [0.29, 0.717) is 26.2 Å². The van der Waals surface area contributed by atoms with Crippen molar-refractivity contribution in [1.29, 1.82) is 0 Å². The molecule has 1 N–H and O–H groups in total. The molecule has 2 aromatic heterocycles. The monoisotopic (exact) mass is 534 g/mol. The van der Waals surface area contributed by atoms with E-state index in [-0.39, 0.29) is 16.5 Å². The molecule has 180 valence electrons. The van der Waals surface area contributed by atoms with Crippen LogP contribution < -0.4 is 4.90 Å². The van der Waals surface area contributed by atoms with Crippen molar-refractivity contribution in [2.24, 2.45) is 0 Å². The summed E-state index contributed by atoms with van der Waals surface area (Å²) in [4.78, 5) is 31.9. The molecule has 1 fully saturated rings. The molecule has 1 aliphatic heterocycles. The van der Waals surface area contributed by atoms with Gasteiger partial charge in [0.15, 0.2) is 4.34 Å². The Morgan fingerprint density at radius 1 is 1.08 bits per heavy atom. The average molecular weight is 535 g/mol. The number of aliphatic hydroxyl groups is 1. The molecule has 3 heterocycles. The van der Waals surface area contributed by atoms with Gasteiger partial charge >= 0.3 is 5.91 Å². The fourth-order valence-electron chi connectivity index (χ4n) is 3.83. The van der Waals surface area contributed by atoms with Crippen LogP contribution in [-0.2, 0) is 15.3 Å². The lowest BCUT2D eigenvalue weighted by Crippen LogP contribution is -2.29. The largest absolute Gasteiger partial charge is 0.507 e. The number of aromatic nitrogens is 3. The number of Topliss-reactive ketones (excluding diaryl/α,β-unsaturated/α-hetero) is 1. The molecule has 7 nitrogen and oxygen atoms in total. The van der Waals surface area contributed by atoms with Crippen LogP contribution in [0.1, 0.15) is 28.3 Å². The van der Waals surface area contributed by atoms with Crippen molar-refractivity contribution in [1.82, 2.24) is 15.2 Å². The predicted molar refractivity (Wildman–Crippen MR) is 141 cm³/mol. The van der Waals surface area contributed by atoms with Gasteiger partial charge in [-0.15, -0.1) is 10.2 Å². The smallest absolute Gasteiger partial charge is 0.301 e. The second-order valence-electron chi connectivity index (χ2n) is 8.09. The number of benzene rings is 2. The summed E-state index contributed by atoms with van der Waals surface area (Å²) in [6, 6.07) is 17.2. The molecule has 2 aromatic carbocycles. The lowest BCUT2D eigenvalue weighted by molar-refractivity contribution is -0.132. The average Bonchev–Trinajstić information content (AvgIpc) is 3.46. The first kappa shape index (κ1) is 24.2. The first-order valence-electron chi connectivity index (χ1n) is 10.9. The zero-order valence-corrected chi connectivity index (χ0v) is 21.3. The number of hydrogen-bond acceptors (Lipinski definition) is 8. The fourth-order valence-corrected chi connectivity index (χ4v) is 5.78. The number of aryl methyl sites for hydroxylation is 1. The van der Waals surface area contributed by atoms with E-state index in [0.717, 1.165) is 5.56 Å². The van der Waals surface area contributed by atoms with Gasteiger partial charge in [0.05, 0.1) is 11.6 Å². The van der Waals surface area contributed by atoms with Crippen LogP contribution in [0.4, 0.5) is 5.13 Å². The van der Waals surface area contributed by atoms with Gasteiger partial charge < -0.3 is 5.11 Å². The van der Waals surface area contributed by atoms with Gasteiger partial charge in [-0.3, -0.25) is 19.5 Å². The van der Waals surface area contributed by atoms with E-state index in [1.165, 1.54) is 33.6 Å². The Labute approximate surface area is 220 Å². The number of pyridine rings is 1. The summed E-state index contributed by atoms with van der Waals surface area (Å²) >= 11 is 8.70. The molecular weight excluding hydrogens is 516 g/mol. The van der Waals surface area contributed by atoms with E-state index in [1.54, 1.807) is 48.8 Å². The zero-order valence-electron chi connectivity index (χ0n) is 19.0. The van der Waals surface area contributed by atoms with Crippen LogP contribution in [0.5, 0.6) is 0 Å². The Morgan fingerprint density at radius 2 is 1.83 bits per heavy atom. The van der Waals surface area contributed by atoms with E-state index in [2.05, 4.69) is 39.4 Å². The fraction of sp³-hybridized carbons (Fsp3) is 0.115. The maximum atomic E-state index is 13.2. The second-order valence-corrected chi connectivity index (χ2v) is 10.7. The molecule has 0 bridgehead atoms. The van der Waals surface area contributed by atoms with Crippen LogP contribution in [0.2, 0.25) is 5.02 Å². The number of rotatable bonds is 6. The normalized spacial score (nSPS) is 17.1. The third kappa shape index (κ3) is 4.77. The number of hydrogen-bond donors (Lipinski definition) is 1. The minimum Gasteiger partial charge on any atom is -0.507 e. The Balaban J connectivity index is 1.51. The van der Waals surface area contributed by atoms with Gasteiger partial charge in [-0.05, 0) is 48.4 Å². The number of halogens is 1. The van der Waals surface area contributed by atoms with Crippen molar-refractivity contribution in [3.8, 4) is 0 Å². The molecule has 10 heteroatoms. The number of amides is 1. The first-order valence-corrected chi connectivity index (χ1v) is 13.1. The van der Waals surface area contributed by atoms with Crippen molar-refractivity contribution in [2.45, 2.75) is 23.1 Å². The number of anilines is 1. The molecule has 0 unspecified atom stereocenters. The minimum atomic E-state index is -0.905. The number of thioether (sulfide) groups is 1. The highest BCUT2D eigenvalue weighted by atomic mass is 35.5. The van der Waals surface area contributed by atoms with Crippen LogP contribution in [0, 0.1) is 6.92 Å². The molecule has 4 aromatic rings. The lowest BCUT2D eigenvalue weighted by atomic mass is 9.96. The third-order valence-corrected chi connectivity index (χ3v) is 8.03. The van der Waals surface area contributed by atoms with Gasteiger partial charge in [-0.25, -0.2) is 0 Å². The molecule has 1 atom stereocenters. The summed E-state index contributed by atoms with van der Waals surface area (Å²) < 4.78 is 0.662. The van der Waals surface area contributed by atoms with Gasteiger partial charge in [0.1, 0.15) is 5.76 Å².